The molecule has 0 fully saturated rings. The second-order valence-electron chi connectivity index (χ2n) is 6.94. The number of nitrogens with zero attached hydrogens (tertiary/aromatic N) is 1. The van der Waals surface area contributed by atoms with Gasteiger partial charge in [-0.15, -0.1) is 11.3 Å². The first kappa shape index (κ1) is 18.3. The van der Waals surface area contributed by atoms with Gasteiger partial charge in [-0.25, -0.2) is 18.1 Å². The lowest BCUT2D eigenvalue weighted by Gasteiger charge is -2.08. The highest BCUT2D eigenvalue weighted by Crippen LogP contribution is 2.25. The maximum atomic E-state index is 12.6. The molecule has 0 unspecified atom stereocenters. The first-order valence-corrected chi connectivity index (χ1v) is 11.5. The third-order valence-electron chi connectivity index (χ3n) is 4.90. The van der Waals surface area contributed by atoms with Gasteiger partial charge in [-0.1, -0.05) is 35.9 Å². The Labute approximate surface area is 164 Å². The number of thiazole rings is 1. The Morgan fingerprint density at radius 1 is 1.07 bits per heavy atom. The van der Waals surface area contributed by atoms with Crippen LogP contribution in [0.1, 0.15) is 28.8 Å². The summed E-state index contributed by atoms with van der Waals surface area (Å²) in [6.07, 6.45) is 3.71. The molecular weight excluding hydrogens is 376 g/mol. The summed E-state index contributed by atoms with van der Waals surface area (Å²) in [5.74, 6) is 0. The summed E-state index contributed by atoms with van der Waals surface area (Å²) in [4.78, 5) is 5.00. The van der Waals surface area contributed by atoms with Crippen LogP contribution < -0.4 is 4.72 Å². The number of nitrogens with one attached hydrogen (secondary N) is 1. The van der Waals surface area contributed by atoms with Gasteiger partial charge < -0.3 is 0 Å². The van der Waals surface area contributed by atoms with Crippen molar-refractivity contribution in [3.8, 4) is 10.6 Å². The average molecular weight is 399 g/mol. The molecule has 0 atom stereocenters. The Hall–Kier alpha value is -2.02. The van der Waals surface area contributed by atoms with Gasteiger partial charge in [-0.05, 0) is 49.4 Å². The summed E-state index contributed by atoms with van der Waals surface area (Å²) in [6.45, 7) is 2.40. The fourth-order valence-corrected chi connectivity index (χ4v) is 5.31. The SMILES string of the molecule is Cc1ccc(-c2nc(CCNS(=O)(=O)c3ccc4c(c3)CCC4)cs2)cc1. The number of aryl methyl sites for hydroxylation is 3. The van der Waals surface area contributed by atoms with Crippen LogP contribution in [0.2, 0.25) is 0 Å². The lowest BCUT2D eigenvalue weighted by Crippen LogP contribution is -2.26. The summed E-state index contributed by atoms with van der Waals surface area (Å²) < 4.78 is 27.8. The molecule has 2 aromatic carbocycles. The molecule has 1 aliphatic rings. The van der Waals surface area contributed by atoms with E-state index in [9.17, 15) is 8.42 Å². The maximum Gasteiger partial charge on any atom is 0.240 e. The third kappa shape index (κ3) is 4.13. The van der Waals surface area contributed by atoms with Gasteiger partial charge in [0, 0.05) is 23.9 Å². The standard InChI is InChI=1S/C21H22N2O2S2/c1-15-5-7-17(8-6-15)21-23-19(14-26-21)11-12-22-27(24,25)20-10-9-16-3-2-4-18(16)13-20/h5-10,13-14,22H,2-4,11-12H2,1H3. The van der Waals surface area contributed by atoms with E-state index < -0.39 is 10.0 Å². The molecule has 6 heteroatoms. The minimum atomic E-state index is -3.48. The molecule has 27 heavy (non-hydrogen) atoms. The smallest absolute Gasteiger partial charge is 0.240 e. The number of aromatic nitrogens is 1. The third-order valence-corrected chi connectivity index (χ3v) is 7.30. The molecule has 1 aromatic heterocycles. The first-order chi connectivity index (χ1) is 13.0. The molecule has 1 heterocycles. The summed E-state index contributed by atoms with van der Waals surface area (Å²) in [7, 11) is -3.48. The second-order valence-corrected chi connectivity index (χ2v) is 9.57. The lowest BCUT2D eigenvalue weighted by atomic mass is 10.1. The zero-order chi connectivity index (χ0) is 18.9. The largest absolute Gasteiger partial charge is 0.241 e. The fraction of sp³-hybridized carbons (Fsp3) is 0.286. The van der Waals surface area contributed by atoms with Crippen LogP contribution in [0.15, 0.2) is 52.7 Å². The summed E-state index contributed by atoms with van der Waals surface area (Å²) >= 11 is 1.59. The molecule has 4 nitrogen and oxygen atoms in total. The summed E-state index contributed by atoms with van der Waals surface area (Å²) in [6, 6.07) is 13.8. The zero-order valence-corrected chi connectivity index (χ0v) is 16.9. The van der Waals surface area contributed by atoms with E-state index >= 15 is 0 Å². The summed E-state index contributed by atoms with van der Waals surface area (Å²) in [5, 5.41) is 2.96. The molecule has 0 amide bonds. The Morgan fingerprint density at radius 3 is 2.67 bits per heavy atom. The predicted octanol–water partition coefficient (Wildman–Crippen LogP) is 4.13. The van der Waals surface area contributed by atoms with Crippen molar-refractivity contribution in [2.75, 3.05) is 6.54 Å². The van der Waals surface area contributed by atoms with Crippen LogP contribution in [0.5, 0.6) is 0 Å². The van der Waals surface area contributed by atoms with Crippen molar-refractivity contribution >= 4 is 21.4 Å². The molecule has 0 saturated carbocycles. The van der Waals surface area contributed by atoms with E-state index in [-0.39, 0.29) is 0 Å². The highest BCUT2D eigenvalue weighted by atomic mass is 32.2. The number of rotatable bonds is 6. The van der Waals surface area contributed by atoms with Crippen molar-refractivity contribution in [3.63, 3.8) is 0 Å². The highest BCUT2D eigenvalue weighted by molar-refractivity contribution is 7.89. The van der Waals surface area contributed by atoms with Crippen LogP contribution in [0.4, 0.5) is 0 Å². The van der Waals surface area contributed by atoms with Gasteiger partial charge in [-0.2, -0.15) is 0 Å². The minimum absolute atomic E-state index is 0.344. The number of sulfonamides is 1. The lowest BCUT2D eigenvalue weighted by molar-refractivity contribution is 0.581. The Balaban J connectivity index is 1.39. The van der Waals surface area contributed by atoms with E-state index in [4.69, 9.17) is 0 Å². The maximum absolute atomic E-state index is 12.6. The van der Waals surface area contributed by atoms with Crippen molar-refractivity contribution in [3.05, 3.63) is 70.2 Å². The van der Waals surface area contributed by atoms with E-state index in [1.807, 2.05) is 17.5 Å². The van der Waals surface area contributed by atoms with Gasteiger partial charge in [0.15, 0.2) is 0 Å². The number of hydrogen-bond donors (Lipinski definition) is 1. The molecule has 0 spiro atoms. The first-order valence-electron chi connectivity index (χ1n) is 9.14. The highest BCUT2D eigenvalue weighted by Gasteiger charge is 2.18. The normalized spacial score (nSPS) is 13.7. The van der Waals surface area contributed by atoms with Crippen molar-refractivity contribution in [1.82, 2.24) is 9.71 Å². The molecule has 0 radical (unpaired) electrons. The van der Waals surface area contributed by atoms with Crippen LogP contribution >= 0.6 is 11.3 Å². The van der Waals surface area contributed by atoms with Crippen LogP contribution in [-0.4, -0.2) is 19.9 Å². The average Bonchev–Trinajstić information content (AvgIpc) is 3.31. The Morgan fingerprint density at radius 2 is 1.85 bits per heavy atom. The monoisotopic (exact) mass is 398 g/mol. The second kappa shape index (κ2) is 7.54. The minimum Gasteiger partial charge on any atom is -0.241 e. The number of fused-ring (bicyclic) bond motifs is 1. The van der Waals surface area contributed by atoms with Crippen molar-refractivity contribution in [2.45, 2.75) is 37.5 Å². The van der Waals surface area contributed by atoms with E-state index in [0.717, 1.165) is 35.5 Å². The molecule has 140 valence electrons. The molecule has 1 N–H and O–H groups in total. The van der Waals surface area contributed by atoms with Gasteiger partial charge in [-0.3, -0.25) is 0 Å². The van der Waals surface area contributed by atoms with Gasteiger partial charge in [0.1, 0.15) is 5.01 Å². The molecule has 0 aliphatic heterocycles. The Bertz CT molecular complexity index is 1050. The van der Waals surface area contributed by atoms with E-state index in [1.54, 1.807) is 17.4 Å². The van der Waals surface area contributed by atoms with Crippen molar-refractivity contribution in [2.24, 2.45) is 0 Å². The molecule has 0 saturated heterocycles. The topological polar surface area (TPSA) is 59.1 Å². The van der Waals surface area contributed by atoms with Crippen LogP contribution in [0.25, 0.3) is 10.6 Å². The molecule has 4 rings (SSSR count). The van der Waals surface area contributed by atoms with E-state index in [0.29, 0.717) is 17.9 Å². The zero-order valence-electron chi connectivity index (χ0n) is 15.2. The van der Waals surface area contributed by atoms with Gasteiger partial charge in [0.05, 0.1) is 10.6 Å². The van der Waals surface area contributed by atoms with Crippen molar-refractivity contribution in [1.29, 1.82) is 0 Å². The quantitative estimate of drug-likeness (QED) is 0.679. The van der Waals surface area contributed by atoms with Crippen LogP contribution in [0, 0.1) is 6.92 Å². The van der Waals surface area contributed by atoms with Crippen LogP contribution in [0.3, 0.4) is 0 Å². The summed E-state index contributed by atoms with van der Waals surface area (Å²) in [5.41, 5.74) is 5.67. The molecule has 3 aromatic rings. The fourth-order valence-electron chi connectivity index (χ4n) is 3.36. The van der Waals surface area contributed by atoms with Gasteiger partial charge in [0.25, 0.3) is 0 Å². The molecule has 0 bridgehead atoms. The van der Waals surface area contributed by atoms with Crippen LogP contribution in [-0.2, 0) is 29.3 Å². The predicted molar refractivity (Wildman–Crippen MR) is 110 cm³/mol. The van der Waals surface area contributed by atoms with E-state index in [1.165, 1.54) is 16.7 Å². The number of hydrogen-bond acceptors (Lipinski definition) is 4. The van der Waals surface area contributed by atoms with Gasteiger partial charge in [0.2, 0.25) is 10.0 Å². The molecule has 1 aliphatic carbocycles. The van der Waals surface area contributed by atoms with E-state index in [2.05, 4.69) is 40.9 Å². The number of benzene rings is 2. The Kier molecular flexibility index (Phi) is 5.12. The van der Waals surface area contributed by atoms with Crippen molar-refractivity contribution < 1.29 is 8.42 Å². The van der Waals surface area contributed by atoms with Gasteiger partial charge >= 0.3 is 0 Å². The molecular formula is C21H22N2O2S2.